The van der Waals surface area contributed by atoms with Crippen LogP contribution >= 0.6 is 15.9 Å². The number of aromatic nitrogens is 1. The first-order chi connectivity index (χ1) is 9.16. The number of dihydropyridines is 1. The molecule has 2 N–H and O–H groups in total. The molecule has 1 aliphatic heterocycles. The lowest BCUT2D eigenvalue weighted by Crippen LogP contribution is -2.24. The summed E-state index contributed by atoms with van der Waals surface area (Å²) in [6.45, 7) is 0. The zero-order valence-corrected chi connectivity index (χ0v) is 11.5. The van der Waals surface area contributed by atoms with E-state index in [1.54, 1.807) is 6.20 Å². The van der Waals surface area contributed by atoms with Crippen molar-refractivity contribution in [2.24, 2.45) is 10.7 Å². The lowest BCUT2D eigenvalue weighted by Gasteiger charge is -2.21. The highest BCUT2D eigenvalue weighted by Gasteiger charge is 2.27. The van der Waals surface area contributed by atoms with Crippen molar-refractivity contribution in [2.45, 2.75) is 4.83 Å². The van der Waals surface area contributed by atoms with Crippen LogP contribution in [0.2, 0.25) is 0 Å². The van der Waals surface area contributed by atoms with Crippen LogP contribution in [-0.4, -0.2) is 21.4 Å². The second-order valence-electron chi connectivity index (χ2n) is 4.19. The molecule has 0 saturated heterocycles. The van der Waals surface area contributed by atoms with Gasteiger partial charge in [-0.05, 0) is 18.2 Å². The summed E-state index contributed by atoms with van der Waals surface area (Å²) >= 11 is 3.50. The third kappa shape index (κ3) is 2.06. The minimum Gasteiger partial charge on any atom is -0.394 e. The van der Waals surface area contributed by atoms with Crippen LogP contribution in [0.3, 0.4) is 0 Å². The lowest BCUT2D eigenvalue weighted by molar-refractivity contribution is -0.114. The molecular formula is C14H10BrN3O. The largest absolute Gasteiger partial charge is 0.394 e. The maximum atomic E-state index is 11.8. The fourth-order valence-electron chi connectivity index (χ4n) is 2.09. The van der Waals surface area contributed by atoms with Crippen LogP contribution < -0.4 is 5.73 Å². The van der Waals surface area contributed by atoms with Gasteiger partial charge in [0.25, 0.3) is 5.91 Å². The van der Waals surface area contributed by atoms with E-state index in [2.05, 4.69) is 25.9 Å². The van der Waals surface area contributed by atoms with E-state index in [0.717, 1.165) is 5.57 Å². The molecule has 4 nitrogen and oxygen atoms in total. The predicted molar refractivity (Wildman–Crippen MR) is 77.7 cm³/mol. The van der Waals surface area contributed by atoms with Gasteiger partial charge in [-0.3, -0.25) is 9.78 Å². The van der Waals surface area contributed by atoms with Gasteiger partial charge in [-0.2, -0.15) is 0 Å². The average Bonchev–Trinajstić information content (AvgIpc) is 2.42. The fraction of sp³-hybridized carbons (Fsp3) is 0.0714. The zero-order valence-electron chi connectivity index (χ0n) is 9.88. The predicted octanol–water partition coefficient (Wildman–Crippen LogP) is 1.99. The lowest BCUT2D eigenvalue weighted by atomic mass is 9.90. The number of nitrogens with two attached hydrogens (primary N) is 1. The molecule has 1 aromatic rings. The van der Waals surface area contributed by atoms with Crippen molar-refractivity contribution in [3.05, 3.63) is 59.6 Å². The molecule has 5 heteroatoms. The normalized spacial score (nSPS) is 21.9. The van der Waals surface area contributed by atoms with Crippen LogP contribution in [0, 0.1) is 0 Å². The van der Waals surface area contributed by atoms with Gasteiger partial charge in [0.05, 0.1) is 16.2 Å². The number of fused-ring (bicyclic) bond motifs is 1. The van der Waals surface area contributed by atoms with Crippen molar-refractivity contribution < 1.29 is 4.79 Å². The van der Waals surface area contributed by atoms with Crippen molar-refractivity contribution >= 4 is 33.1 Å². The van der Waals surface area contributed by atoms with E-state index < -0.39 is 5.91 Å². The molecule has 0 bridgehead atoms. The van der Waals surface area contributed by atoms with Gasteiger partial charge in [0.2, 0.25) is 0 Å². The Morgan fingerprint density at radius 1 is 1.32 bits per heavy atom. The summed E-state index contributed by atoms with van der Waals surface area (Å²) in [5.41, 5.74) is 8.87. The smallest absolute Gasteiger partial charge is 0.294 e. The molecule has 1 aromatic heterocycles. The maximum Gasteiger partial charge on any atom is 0.294 e. The summed E-state index contributed by atoms with van der Waals surface area (Å²) in [6.07, 6.45) is 7.40. The van der Waals surface area contributed by atoms with Gasteiger partial charge >= 0.3 is 0 Å². The second-order valence-corrected chi connectivity index (χ2v) is 5.25. The monoisotopic (exact) mass is 315 g/mol. The summed E-state index contributed by atoms with van der Waals surface area (Å²) < 4.78 is 0. The van der Waals surface area contributed by atoms with E-state index >= 15 is 0 Å². The summed E-state index contributed by atoms with van der Waals surface area (Å²) in [5.74, 6) is -0.412. The van der Waals surface area contributed by atoms with Gasteiger partial charge in [0.15, 0.2) is 0 Å². The number of carbonyl (C=O) groups excluding carboxylic acids is 1. The third-order valence-corrected chi connectivity index (χ3v) is 3.52. The highest BCUT2D eigenvalue weighted by Crippen LogP contribution is 2.32. The molecule has 0 radical (unpaired) electrons. The molecule has 1 unspecified atom stereocenters. The van der Waals surface area contributed by atoms with Gasteiger partial charge in [-0.15, -0.1) is 0 Å². The SMILES string of the molecule is NC1=C(c2ccccn2)C2=CC(Br)C=CC2=NC1=O. The Morgan fingerprint density at radius 3 is 2.89 bits per heavy atom. The molecule has 0 fully saturated rings. The van der Waals surface area contributed by atoms with Crippen molar-refractivity contribution in [1.82, 2.24) is 4.98 Å². The molecule has 1 aliphatic carbocycles. The van der Waals surface area contributed by atoms with Crippen LogP contribution in [0.15, 0.2) is 58.9 Å². The summed E-state index contributed by atoms with van der Waals surface area (Å²) in [7, 11) is 0. The van der Waals surface area contributed by atoms with E-state index in [1.165, 1.54) is 0 Å². The Balaban J connectivity index is 2.20. The van der Waals surface area contributed by atoms with Crippen LogP contribution in [0.25, 0.3) is 5.57 Å². The standard InChI is InChI=1S/C14H10BrN3O/c15-8-4-5-10-9(7-8)12(13(16)14(19)18-10)11-3-1-2-6-17-11/h1-8H,16H2. The third-order valence-electron chi connectivity index (χ3n) is 2.95. The highest BCUT2D eigenvalue weighted by molar-refractivity contribution is 9.09. The Hall–Kier alpha value is -2.01. The zero-order chi connectivity index (χ0) is 13.4. The van der Waals surface area contributed by atoms with Crippen molar-refractivity contribution in [1.29, 1.82) is 0 Å². The first-order valence-corrected chi connectivity index (χ1v) is 6.67. The number of pyridine rings is 1. The number of amides is 1. The summed E-state index contributed by atoms with van der Waals surface area (Å²) in [4.78, 5) is 20.2. The summed E-state index contributed by atoms with van der Waals surface area (Å²) in [6, 6.07) is 5.52. The van der Waals surface area contributed by atoms with E-state index in [9.17, 15) is 4.79 Å². The average molecular weight is 316 g/mol. The number of rotatable bonds is 1. The van der Waals surface area contributed by atoms with Crippen molar-refractivity contribution in [3.63, 3.8) is 0 Å². The molecule has 0 spiro atoms. The fourth-order valence-corrected chi connectivity index (χ4v) is 2.51. The molecule has 2 heterocycles. The molecule has 94 valence electrons. The molecule has 19 heavy (non-hydrogen) atoms. The second kappa shape index (κ2) is 4.59. The topological polar surface area (TPSA) is 68.3 Å². The Bertz CT molecular complexity index is 671. The Labute approximate surface area is 118 Å². The number of hydrogen-bond donors (Lipinski definition) is 1. The number of aliphatic imine (C=N–C) groups is 1. The van der Waals surface area contributed by atoms with Gasteiger partial charge in [-0.25, -0.2) is 4.99 Å². The van der Waals surface area contributed by atoms with Crippen molar-refractivity contribution in [2.75, 3.05) is 0 Å². The number of nitrogens with zero attached hydrogens (tertiary/aromatic N) is 2. The number of carbonyl (C=O) groups is 1. The van der Waals surface area contributed by atoms with E-state index in [0.29, 0.717) is 17.0 Å². The van der Waals surface area contributed by atoms with Gasteiger partial charge < -0.3 is 5.73 Å². The maximum absolute atomic E-state index is 11.8. The minimum absolute atomic E-state index is 0.0983. The molecule has 1 amide bonds. The highest BCUT2D eigenvalue weighted by atomic mass is 79.9. The molecule has 0 aromatic carbocycles. The minimum atomic E-state index is -0.412. The van der Waals surface area contributed by atoms with Gasteiger partial charge in [0.1, 0.15) is 5.70 Å². The van der Waals surface area contributed by atoms with E-state index in [-0.39, 0.29) is 10.5 Å². The Kier molecular flexibility index (Phi) is 2.91. The molecule has 0 saturated carbocycles. The van der Waals surface area contributed by atoms with Crippen LogP contribution in [-0.2, 0) is 4.79 Å². The number of alkyl halides is 1. The number of halogens is 1. The van der Waals surface area contributed by atoms with E-state index in [4.69, 9.17) is 5.73 Å². The van der Waals surface area contributed by atoms with Gasteiger partial charge in [0, 0.05) is 17.3 Å². The number of hydrogen-bond acceptors (Lipinski definition) is 3. The van der Waals surface area contributed by atoms with Crippen LogP contribution in [0.5, 0.6) is 0 Å². The van der Waals surface area contributed by atoms with Crippen molar-refractivity contribution in [3.8, 4) is 0 Å². The molecular weight excluding hydrogens is 306 g/mol. The molecule has 3 rings (SSSR count). The van der Waals surface area contributed by atoms with Crippen LogP contribution in [0.4, 0.5) is 0 Å². The Morgan fingerprint density at radius 2 is 2.16 bits per heavy atom. The first kappa shape index (κ1) is 12.0. The molecule has 2 aliphatic rings. The van der Waals surface area contributed by atoms with E-state index in [1.807, 2.05) is 36.4 Å². The van der Waals surface area contributed by atoms with Gasteiger partial charge in [-0.1, -0.05) is 34.1 Å². The molecule has 1 atom stereocenters. The first-order valence-electron chi connectivity index (χ1n) is 5.76. The number of allylic oxidation sites excluding steroid dienone is 5. The summed E-state index contributed by atoms with van der Waals surface area (Å²) in [5, 5.41) is 0. The quantitative estimate of drug-likeness (QED) is 0.806. The van der Waals surface area contributed by atoms with Crippen LogP contribution in [0.1, 0.15) is 5.69 Å².